The summed E-state index contributed by atoms with van der Waals surface area (Å²) in [6, 6.07) is 18.5. The maximum absolute atomic E-state index is 4.50. The van der Waals surface area contributed by atoms with E-state index >= 15 is 0 Å². The number of benzene rings is 2. The Labute approximate surface area is 152 Å². The van der Waals surface area contributed by atoms with Crippen molar-refractivity contribution in [2.45, 2.75) is 6.54 Å². The van der Waals surface area contributed by atoms with Crippen LogP contribution in [-0.2, 0) is 6.54 Å². The lowest BCUT2D eigenvalue weighted by atomic mass is 10.2. The second-order valence-electron chi connectivity index (χ2n) is 6.31. The number of anilines is 3. The van der Waals surface area contributed by atoms with Gasteiger partial charge in [-0.2, -0.15) is 5.10 Å². The number of aromatic nitrogens is 4. The Kier molecular flexibility index (Phi) is 4.23. The van der Waals surface area contributed by atoms with Crippen LogP contribution in [0, 0.1) is 0 Å². The number of fused-ring (bicyclic) bond motifs is 1. The number of nitrogens with one attached hydrogen (secondary N) is 1. The van der Waals surface area contributed by atoms with Gasteiger partial charge in [0.1, 0.15) is 12.1 Å². The molecular formula is C20H20N6. The van der Waals surface area contributed by atoms with E-state index in [2.05, 4.69) is 49.5 Å². The van der Waals surface area contributed by atoms with Crippen molar-refractivity contribution < 1.29 is 0 Å². The van der Waals surface area contributed by atoms with Gasteiger partial charge in [-0.15, -0.1) is 0 Å². The van der Waals surface area contributed by atoms with Crippen molar-refractivity contribution in [2.75, 3.05) is 24.3 Å². The van der Waals surface area contributed by atoms with Gasteiger partial charge in [0, 0.05) is 25.5 Å². The van der Waals surface area contributed by atoms with E-state index in [9.17, 15) is 0 Å². The lowest BCUT2D eigenvalue weighted by molar-refractivity contribution is 0.704. The molecule has 0 amide bonds. The predicted octanol–water partition coefficient (Wildman–Crippen LogP) is 3.68. The van der Waals surface area contributed by atoms with Gasteiger partial charge in [0.2, 0.25) is 0 Å². The van der Waals surface area contributed by atoms with Crippen LogP contribution in [0.1, 0.15) is 5.56 Å². The highest BCUT2D eigenvalue weighted by molar-refractivity contribution is 5.88. The Bertz CT molecular complexity index is 1010. The van der Waals surface area contributed by atoms with Gasteiger partial charge in [-0.3, -0.25) is 0 Å². The summed E-state index contributed by atoms with van der Waals surface area (Å²) in [5.41, 5.74) is 4.13. The molecule has 2 aromatic carbocycles. The maximum atomic E-state index is 4.50. The molecule has 6 nitrogen and oxygen atoms in total. The van der Waals surface area contributed by atoms with Gasteiger partial charge in [0.15, 0.2) is 5.65 Å². The largest absolute Gasteiger partial charge is 0.378 e. The fraction of sp³-hybridized carbons (Fsp3) is 0.150. The van der Waals surface area contributed by atoms with Crippen LogP contribution in [0.5, 0.6) is 0 Å². The Balaban J connectivity index is 1.62. The van der Waals surface area contributed by atoms with Crippen LogP contribution in [0.15, 0.2) is 67.1 Å². The van der Waals surface area contributed by atoms with E-state index in [1.54, 1.807) is 6.33 Å². The summed E-state index contributed by atoms with van der Waals surface area (Å²) in [5.74, 6) is 0.756. The van der Waals surface area contributed by atoms with Gasteiger partial charge in [-0.1, -0.05) is 30.3 Å². The molecule has 0 aliphatic carbocycles. The van der Waals surface area contributed by atoms with E-state index in [1.165, 1.54) is 5.56 Å². The quantitative estimate of drug-likeness (QED) is 0.598. The Morgan fingerprint density at radius 3 is 2.46 bits per heavy atom. The number of hydrogen-bond acceptors (Lipinski definition) is 5. The van der Waals surface area contributed by atoms with Crippen molar-refractivity contribution in [3.8, 4) is 0 Å². The molecule has 26 heavy (non-hydrogen) atoms. The Morgan fingerprint density at radius 1 is 0.962 bits per heavy atom. The van der Waals surface area contributed by atoms with Crippen molar-refractivity contribution in [1.82, 2.24) is 19.7 Å². The van der Waals surface area contributed by atoms with E-state index < -0.39 is 0 Å². The molecule has 0 atom stereocenters. The van der Waals surface area contributed by atoms with Crippen molar-refractivity contribution >= 4 is 28.2 Å². The SMILES string of the molecule is CN(C)c1ccc(Nc2ncnc3c2cnn3Cc2ccccc2)cc1. The Morgan fingerprint density at radius 2 is 1.73 bits per heavy atom. The van der Waals surface area contributed by atoms with E-state index in [1.807, 2.05) is 55.3 Å². The fourth-order valence-electron chi connectivity index (χ4n) is 2.84. The molecule has 0 saturated heterocycles. The van der Waals surface area contributed by atoms with Gasteiger partial charge >= 0.3 is 0 Å². The smallest absolute Gasteiger partial charge is 0.163 e. The summed E-state index contributed by atoms with van der Waals surface area (Å²) in [6.45, 7) is 0.679. The fourth-order valence-corrected chi connectivity index (χ4v) is 2.84. The first-order chi connectivity index (χ1) is 12.7. The van der Waals surface area contributed by atoms with Crippen LogP contribution in [-0.4, -0.2) is 33.8 Å². The molecule has 0 aliphatic rings. The van der Waals surface area contributed by atoms with Gasteiger partial charge in [-0.25, -0.2) is 14.6 Å². The molecule has 0 radical (unpaired) electrons. The van der Waals surface area contributed by atoms with Gasteiger partial charge in [0.05, 0.1) is 18.1 Å². The van der Waals surface area contributed by atoms with E-state index in [4.69, 9.17) is 0 Å². The van der Waals surface area contributed by atoms with Gasteiger partial charge < -0.3 is 10.2 Å². The lowest BCUT2D eigenvalue weighted by Gasteiger charge is -2.13. The van der Waals surface area contributed by atoms with Gasteiger partial charge in [0.25, 0.3) is 0 Å². The van der Waals surface area contributed by atoms with Crippen molar-refractivity contribution in [3.05, 3.63) is 72.7 Å². The highest BCUT2D eigenvalue weighted by Gasteiger charge is 2.10. The van der Waals surface area contributed by atoms with Crippen molar-refractivity contribution in [1.29, 1.82) is 0 Å². The molecular weight excluding hydrogens is 324 g/mol. The van der Waals surface area contributed by atoms with Crippen LogP contribution in [0.2, 0.25) is 0 Å². The predicted molar refractivity (Wildman–Crippen MR) is 105 cm³/mol. The zero-order valence-electron chi connectivity index (χ0n) is 14.8. The first kappa shape index (κ1) is 16.1. The average Bonchev–Trinajstić information content (AvgIpc) is 3.07. The summed E-state index contributed by atoms with van der Waals surface area (Å²) in [6.07, 6.45) is 3.39. The standard InChI is InChI=1S/C20H20N6/c1-25(2)17-10-8-16(9-11-17)24-19-18-12-23-26(20(18)22-14-21-19)13-15-6-4-3-5-7-15/h3-12,14H,13H2,1-2H3,(H,21,22,24). The van der Waals surface area contributed by atoms with Crippen LogP contribution < -0.4 is 10.2 Å². The third-order valence-corrected chi connectivity index (χ3v) is 4.26. The summed E-state index contributed by atoms with van der Waals surface area (Å²) >= 11 is 0. The zero-order chi connectivity index (χ0) is 17.9. The number of nitrogens with zero attached hydrogens (tertiary/aromatic N) is 5. The molecule has 0 saturated carbocycles. The number of hydrogen-bond donors (Lipinski definition) is 1. The summed E-state index contributed by atoms with van der Waals surface area (Å²) in [4.78, 5) is 10.9. The highest BCUT2D eigenvalue weighted by atomic mass is 15.3. The van der Waals surface area contributed by atoms with Crippen LogP contribution in [0.25, 0.3) is 11.0 Å². The Hall–Kier alpha value is -3.41. The third kappa shape index (κ3) is 3.21. The monoisotopic (exact) mass is 344 g/mol. The molecule has 130 valence electrons. The average molecular weight is 344 g/mol. The first-order valence-corrected chi connectivity index (χ1v) is 8.45. The molecule has 0 spiro atoms. The first-order valence-electron chi connectivity index (χ1n) is 8.45. The van der Waals surface area contributed by atoms with E-state index in [0.29, 0.717) is 6.54 Å². The minimum Gasteiger partial charge on any atom is -0.378 e. The van der Waals surface area contributed by atoms with Crippen molar-refractivity contribution in [3.63, 3.8) is 0 Å². The molecule has 2 heterocycles. The molecule has 0 bridgehead atoms. The molecule has 4 aromatic rings. The molecule has 0 fully saturated rings. The second kappa shape index (κ2) is 6.84. The van der Waals surface area contributed by atoms with E-state index in [-0.39, 0.29) is 0 Å². The third-order valence-electron chi connectivity index (χ3n) is 4.26. The molecule has 4 rings (SSSR count). The minimum atomic E-state index is 0.679. The normalized spacial score (nSPS) is 10.8. The van der Waals surface area contributed by atoms with Crippen LogP contribution in [0.4, 0.5) is 17.2 Å². The molecule has 6 heteroatoms. The van der Waals surface area contributed by atoms with Crippen LogP contribution in [0.3, 0.4) is 0 Å². The van der Waals surface area contributed by atoms with Crippen molar-refractivity contribution in [2.24, 2.45) is 0 Å². The second-order valence-corrected chi connectivity index (χ2v) is 6.31. The van der Waals surface area contributed by atoms with Crippen LogP contribution >= 0.6 is 0 Å². The lowest BCUT2D eigenvalue weighted by Crippen LogP contribution is -2.08. The summed E-state index contributed by atoms with van der Waals surface area (Å²) in [7, 11) is 4.05. The van der Waals surface area contributed by atoms with E-state index in [0.717, 1.165) is 28.2 Å². The number of rotatable bonds is 5. The highest BCUT2D eigenvalue weighted by Crippen LogP contribution is 2.24. The molecule has 0 aliphatic heterocycles. The summed E-state index contributed by atoms with van der Waals surface area (Å²) in [5, 5.41) is 8.77. The zero-order valence-corrected chi connectivity index (χ0v) is 14.8. The molecule has 2 aromatic heterocycles. The summed E-state index contributed by atoms with van der Waals surface area (Å²) < 4.78 is 1.90. The molecule has 1 N–H and O–H groups in total. The topological polar surface area (TPSA) is 58.9 Å². The molecule has 0 unspecified atom stereocenters. The minimum absolute atomic E-state index is 0.679. The maximum Gasteiger partial charge on any atom is 0.163 e. The van der Waals surface area contributed by atoms with Gasteiger partial charge in [-0.05, 0) is 29.8 Å².